The molecule has 1 N–H and O–H groups in total. The Kier molecular flexibility index (Phi) is 6.35. The van der Waals surface area contributed by atoms with E-state index in [2.05, 4.69) is 35.3 Å². The third-order valence-corrected chi connectivity index (χ3v) is 4.68. The van der Waals surface area contributed by atoms with E-state index in [-0.39, 0.29) is 0 Å². The standard InChI is InChI=1S/C15H23ClN2S/c1-2-6-17-12-13-4-5-15(14(16)11-13)18-7-3-9-19-10-8-18/h4-5,11,17H,2-3,6-10,12H2,1H3. The van der Waals surface area contributed by atoms with Crippen LogP contribution in [0.3, 0.4) is 0 Å². The smallest absolute Gasteiger partial charge is 0.0642 e. The van der Waals surface area contributed by atoms with Gasteiger partial charge in [0.15, 0.2) is 0 Å². The van der Waals surface area contributed by atoms with Crippen molar-refractivity contribution in [2.24, 2.45) is 0 Å². The molecule has 0 aliphatic carbocycles. The van der Waals surface area contributed by atoms with Crippen LogP contribution in [0, 0.1) is 0 Å². The number of nitrogens with zero attached hydrogens (tertiary/aromatic N) is 1. The van der Waals surface area contributed by atoms with Gasteiger partial charge in [-0.1, -0.05) is 24.6 Å². The average Bonchev–Trinajstić information content (AvgIpc) is 2.68. The van der Waals surface area contributed by atoms with Crippen LogP contribution in [0.25, 0.3) is 0 Å². The van der Waals surface area contributed by atoms with Gasteiger partial charge in [0.1, 0.15) is 0 Å². The minimum absolute atomic E-state index is 0.891. The van der Waals surface area contributed by atoms with Crippen molar-refractivity contribution in [2.45, 2.75) is 26.3 Å². The highest BCUT2D eigenvalue weighted by molar-refractivity contribution is 7.99. The van der Waals surface area contributed by atoms with Crippen molar-refractivity contribution >= 4 is 29.1 Å². The summed E-state index contributed by atoms with van der Waals surface area (Å²) in [5.41, 5.74) is 2.47. The molecule has 1 aromatic rings. The maximum Gasteiger partial charge on any atom is 0.0642 e. The van der Waals surface area contributed by atoms with Crippen LogP contribution in [-0.2, 0) is 6.54 Å². The van der Waals surface area contributed by atoms with Crippen molar-refractivity contribution in [2.75, 3.05) is 36.0 Å². The zero-order valence-corrected chi connectivity index (χ0v) is 13.2. The number of benzene rings is 1. The molecule has 1 fully saturated rings. The average molecular weight is 299 g/mol. The number of thioether (sulfide) groups is 1. The number of hydrogen-bond acceptors (Lipinski definition) is 3. The van der Waals surface area contributed by atoms with Gasteiger partial charge in [-0.15, -0.1) is 0 Å². The second-order valence-corrected chi connectivity index (χ2v) is 6.55. The van der Waals surface area contributed by atoms with Crippen molar-refractivity contribution in [3.05, 3.63) is 28.8 Å². The molecule has 1 aliphatic heterocycles. The Morgan fingerprint density at radius 2 is 2.21 bits per heavy atom. The van der Waals surface area contributed by atoms with Crippen molar-refractivity contribution in [3.8, 4) is 0 Å². The molecule has 1 aliphatic rings. The summed E-state index contributed by atoms with van der Waals surface area (Å²) in [6, 6.07) is 6.49. The van der Waals surface area contributed by atoms with E-state index in [1.54, 1.807) is 0 Å². The van der Waals surface area contributed by atoms with Gasteiger partial charge in [0.25, 0.3) is 0 Å². The van der Waals surface area contributed by atoms with E-state index in [0.29, 0.717) is 0 Å². The van der Waals surface area contributed by atoms with Crippen molar-refractivity contribution in [1.29, 1.82) is 0 Å². The van der Waals surface area contributed by atoms with Gasteiger partial charge in [-0.05, 0) is 42.8 Å². The highest BCUT2D eigenvalue weighted by Crippen LogP contribution is 2.28. The van der Waals surface area contributed by atoms with Crippen LogP contribution in [0.4, 0.5) is 5.69 Å². The van der Waals surface area contributed by atoms with Gasteiger partial charge < -0.3 is 10.2 Å². The SMILES string of the molecule is CCCNCc1ccc(N2CCCSCC2)c(Cl)c1. The lowest BCUT2D eigenvalue weighted by atomic mass is 10.2. The number of nitrogens with one attached hydrogen (secondary N) is 1. The molecule has 0 radical (unpaired) electrons. The van der Waals surface area contributed by atoms with E-state index < -0.39 is 0 Å². The molecule has 4 heteroatoms. The topological polar surface area (TPSA) is 15.3 Å². The summed E-state index contributed by atoms with van der Waals surface area (Å²) < 4.78 is 0. The summed E-state index contributed by atoms with van der Waals surface area (Å²) in [5, 5.41) is 4.30. The lowest BCUT2D eigenvalue weighted by Crippen LogP contribution is -2.25. The Labute approximate surface area is 125 Å². The van der Waals surface area contributed by atoms with E-state index in [1.807, 2.05) is 11.8 Å². The summed E-state index contributed by atoms with van der Waals surface area (Å²) in [6.07, 6.45) is 2.41. The number of hydrogen-bond donors (Lipinski definition) is 1. The maximum absolute atomic E-state index is 6.45. The summed E-state index contributed by atoms with van der Waals surface area (Å²) in [7, 11) is 0. The van der Waals surface area contributed by atoms with E-state index in [1.165, 1.54) is 29.2 Å². The number of rotatable bonds is 5. The number of anilines is 1. The lowest BCUT2D eigenvalue weighted by molar-refractivity contribution is 0.675. The van der Waals surface area contributed by atoms with Crippen LogP contribution in [0.15, 0.2) is 18.2 Å². The summed E-state index contributed by atoms with van der Waals surface area (Å²) >= 11 is 8.49. The summed E-state index contributed by atoms with van der Waals surface area (Å²) in [4.78, 5) is 2.42. The predicted molar refractivity (Wildman–Crippen MR) is 87.6 cm³/mol. The molecule has 19 heavy (non-hydrogen) atoms. The molecule has 0 saturated carbocycles. The zero-order valence-electron chi connectivity index (χ0n) is 11.6. The van der Waals surface area contributed by atoms with Crippen molar-refractivity contribution in [1.82, 2.24) is 5.32 Å². The lowest BCUT2D eigenvalue weighted by Gasteiger charge is -2.23. The Morgan fingerprint density at radius 1 is 1.32 bits per heavy atom. The monoisotopic (exact) mass is 298 g/mol. The Hall–Kier alpha value is -0.380. The van der Waals surface area contributed by atoms with Crippen LogP contribution in [0.1, 0.15) is 25.3 Å². The van der Waals surface area contributed by atoms with Gasteiger partial charge in [0, 0.05) is 25.4 Å². The molecule has 0 spiro atoms. The van der Waals surface area contributed by atoms with E-state index in [9.17, 15) is 0 Å². The molecular weight excluding hydrogens is 276 g/mol. The Bertz CT molecular complexity index is 390. The van der Waals surface area contributed by atoms with Crippen LogP contribution < -0.4 is 10.2 Å². The first kappa shape index (κ1) is 15.0. The fourth-order valence-electron chi connectivity index (χ4n) is 2.31. The normalized spacial score (nSPS) is 16.4. The minimum atomic E-state index is 0.891. The van der Waals surface area contributed by atoms with Crippen LogP contribution in [-0.4, -0.2) is 31.1 Å². The largest absolute Gasteiger partial charge is 0.369 e. The maximum atomic E-state index is 6.45. The van der Waals surface area contributed by atoms with Crippen LogP contribution in [0.5, 0.6) is 0 Å². The molecule has 1 heterocycles. The van der Waals surface area contributed by atoms with Gasteiger partial charge in [-0.2, -0.15) is 11.8 Å². The molecular formula is C15H23ClN2S. The third-order valence-electron chi connectivity index (χ3n) is 3.33. The first-order valence-corrected chi connectivity index (χ1v) is 8.66. The quantitative estimate of drug-likeness (QED) is 0.833. The van der Waals surface area contributed by atoms with E-state index in [4.69, 9.17) is 11.6 Å². The molecule has 0 aromatic heterocycles. The van der Waals surface area contributed by atoms with E-state index >= 15 is 0 Å². The number of halogens is 1. The molecule has 1 saturated heterocycles. The Morgan fingerprint density at radius 3 is 3.00 bits per heavy atom. The zero-order chi connectivity index (χ0) is 13.5. The minimum Gasteiger partial charge on any atom is -0.369 e. The van der Waals surface area contributed by atoms with Gasteiger partial charge in [-0.25, -0.2) is 0 Å². The predicted octanol–water partition coefficient (Wildman–Crippen LogP) is 3.78. The van der Waals surface area contributed by atoms with Crippen LogP contribution >= 0.6 is 23.4 Å². The molecule has 0 amide bonds. The first-order valence-electron chi connectivity index (χ1n) is 7.13. The van der Waals surface area contributed by atoms with Crippen LogP contribution in [0.2, 0.25) is 5.02 Å². The highest BCUT2D eigenvalue weighted by Gasteiger charge is 2.13. The van der Waals surface area contributed by atoms with E-state index in [0.717, 1.165) is 37.6 Å². The first-order chi connectivity index (χ1) is 9.31. The van der Waals surface area contributed by atoms with Crippen molar-refractivity contribution in [3.63, 3.8) is 0 Å². The van der Waals surface area contributed by atoms with Gasteiger partial charge in [0.2, 0.25) is 0 Å². The van der Waals surface area contributed by atoms with Gasteiger partial charge in [0.05, 0.1) is 10.7 Å². The summed E-state index contributed by atoms with van der Waals surface area (Å²) in [6.45, 7) is 6.38. The molecule has 1 aromatic carbocycles. The molecule has 0 atom stereocenters. The third kappa shape index (κ3) is 4.59. The fourth-order valence-corrected chi connectivity index (χ4v) is 3.52. The molecule has 0 bridgehead atoms. The second-order valence-electron chi connectivity index (χ2n) is 4.92. The molecule has 2 nitrogen and oxygen atoms in total. The van der Waals surface area contributed by atoms with Gasteiger partial charge in [-0.3, -0.25) is 0 Å². The summed E-state index contributed by atoms with van der Waals surface area (Å²) in [5.74, 6) is 2.48. The second kappa shape index (κ2) is 8.03. The molecule has 0 unspecified atom stereocenters. The molecule has 2 rings (SSSR count). The van der Waals surface area contributed by atoms with Crippen molar-refractivity contribution < 1.29 is 0 Å². The van der Waals surface area contributed by atoms with Gasteiger partial charge >= 0.3 is 0 Å². The fraction of sp³-hybridized carbons (Fsp3) is 0.600. The Balaban J connectivity index is 2.01. The molecule has 106 valence electrons. The highest BCUT2D eigenvalue weighted by atomic mass is 35.5.